The first-order valence-electron chi connectivity index (χ1n) is 8.19. The molecule has 144 valence electrons. The second-order valence-electron chi connectivity index (χ2n) is 6.32. The van der Waals surface area contributed by atoms with E-state index < -0.39 is 17.9 Å². The number of hydrogen-bond acceptors (Lipinski definition) is 4. The van der Waals surface area contributed by atoms with Crippen LogP contribution < -0.4 is 10.6 Å². The van der Waals surface area contributed by atoms with Crippen LogP contribution in [0.5, 0.6) is 0 Å². The summed E-state index contributed by atoms with van der Waals surface area (Å²) in [5.41, 5.74) is 1.31. The molecule has 1 atom stereocenters. The van der Waals surface area contributed by atoms with Gasteiger partial charge in [0, 0.05) is 18.8 Å². The molecule has 3 aromatic rings. The lowest BCUT2D eigenvalue weighted by molar-refractivity contribution is -0.144. The minimum absolute atomic E-state index is 0.0356. The summed E-state index contributed by atoms with van der Waals surface area (Å²) in [5, 5.41) is 19.5. The van der Waals surface area contributed by atoms with Crippen molar-refractivity contribution in [2.45, 2.75) is 26.6 Å². The molecule has 2 heterocycles. The highest BCUT2D eigenvalue weighted by Gasteiger charge is 2.35. The number of urea groups is 1. The number of anilines is 1. The van der Waals surface area contributed by atoms with Gasteiger partial charge in [0.05, 0.1) is 5.69 Å². The first-order chi connectivity index (χ1) is 12.7. The molecule has 2 aromatic heterocycles. The lowest BCUT2D eigenvalue weighted by Gasteiger charge is -2.16. The number of nitrogens with zero attached hydrogens (tertiary/aromatic N) is 4. The largest absolute Gasteiger partial charge is 0.433 e. The van der Waals surface area contributed by atoms with Gasteiger partial charge in [-0.15, -0.1) is 0 Å². The zero-order chi connectivity index (χ0) is 19.6. The van der Waals surface area contributed by atoms with Crippen molar-refractivity contribution in [1.29, 1.82) is 0 Å². The standard InChI is InChI=1S/C16H18F3N7O/c1-9(8-26-14(16(17,18)19)5-10(2)24-26)7-20-15(27)21-11-3-4-12-13(6-11)23-25-22-12/h3-6,9H,7-8H2,1-2H3,(H2,20,21,27)(H,22,23,25)/t9-/m0/s1. The van der Waals surface area contributed by atoms with Crippen molar-refractivity contribution in [2.75, 3.05) is 11.9 Å². The van der Waals surface area contributed by atoms with Gasteiger partial charge in [-0.05, 0) is 37.1 Å². The Labute approximate surface area is 152 Å². The number of hydrogen-bond donors (Lipinski definition) is 3. The first-order valence-corrected chi connectivity index (χ1v) is 8.19. The Bertz CT molecular complexity index is 947. The molecule has 11 heteroatoms. The minimum Gasteiger partial charge on any atom is -0.338 e. The van der Waals surface area contributed by atoms with E-state index in [0.717, 1.165) is 10.7 Å². The molecule has 0 aliphatic heterocycles. The number of rotatable bonds is 5. The predicted octanol–water partition coefficient (Wildman–Crippen LogP) is 2.94. The van der Waals surface area contributed by atoms with E-state index in [4.69, 9.17) is 0 Å². The Morgan fingerprint density at radius 1 is 1.26 bits per heavy atom. The molecule has 3 rings (SSSR count). The third kappa shape index (κ3) is 4.54. The van der Waals surface area contributed by atoms with Gasteiger partial charge < -0.3 is 10.6 Å². The van der Waals surface area contributed by atoms with Gasteiger partial charge in [0.25, 0.3) is 0 Å². The first kappa shape index (κ1) is 18.7. The van der Waals surface area contributed by atoms with Crippen LogP contribution in [0.1, 0.15) is 18.3 Å². The van der Waals surface area contributed by atoms with Crippen LogP contribution in [0.4, 0.5) is 23.7 Å². The van der Waals surface area contributed by atoms with Crippen LogP contribution in [0, 0.1) is 12.8 Å². The lowest BCUT2D eigenvalue weighted by Crippen LogP contribution is -2.34. The SMILES string of the molecule is Cc1cc(C(F)(F)F)n(C[C@@H](C)CNC(=O)Nc2ccc3n[nH]nc3c2)n1. The summed E-state index contributed by atoms with van der Waals surface area (Å²) in [6.07, 6.45) is -4.47. The number of aryl methyl sites for hydroxylation is 1. The highest BCUT2D eigenvalue weighted by atomic mass is 19.4. The highest BCUT2D eigenvalue weighted by molar-refractivity contribution is 5.91. The molecule has 3 N–H and O–H groups in total. The van der Waals surface area contributed by atoms with Crippen molar-refractivity contribution in [3.05, 3.63) is 35.7 Å². The van der Waals surface area contributed by atoms with E-state index >= 15 is 0 Å². The molecule has 0 fully saturated rings. The van der Waals surface area contributed by atoms with Gasteiger partial charge in [0.1, 0.15) is 16.7 Å². The molecule has 27 heavy (non-hydrogen) atoms. The van der Waals surface area contributed by atoms with Crippen LogP contribution in [-0.2, 0) is 12.7 Å². The fraction of sp³-hybridized carbons (Fsp3) is 0.375. The van der Waals surface area contributed by atoms with E-state index in [-0.39, 0.29) is 19.0 Å². The van der Waals surface area contributed by atoms with E-state index in [9.17, 15) is 18.0 Å². The molecule has 0 saturated carbocycles. The lowest BCUT2D eigenvalue weighted by atomic mass is 10.2. The molecular formula is C16H18F3N7O. The van der Waals surface area contributed by atoms with E-state index in [2.05, 4.69) is 31.1 Å². The quantitative estimate of drug-likeness (QED) is 0.633. The number of alkyl halides is 3. The molecule has 0 radical (unpaired) electrons. The van der Waals surface area contributed by atoms with Crippen LogP contribution >= 0.6 is 0 Å². The summed E-state index contributed by atoms with van der Waals surface area (Å²) in [7, 11) is 0. The minimum atomic E-state index is -4.47. The van der Waals surface area contributed by atoms with E-state index in [1.165, 1.54) is 6.92 Å². The molecular weight excluding hydrogens is 363 g/mol. The van der Waals surface area contributed by atoms with Gasteiger partial charge in [-0.2, -0.15) is 33.7 Å². The molecule has 2 amide bonds. The Hall–Kier alpha value is -3.11. The Morgan fingerprint density at radius 3 is 2.74 bits per heavy atom. The maximum Gasteiger partial charge on any atom is 0.433 e. The van der Waals surface area contributed by atoms with Crippen LogP contribution in [0.3, 0.4) is 0 Å². The summed E-state index contributed by atoms with van der Waals surface area (Å²) >= 11 is 0. The third-order valence-electron chi connectivity index (χ3n) is 3.86. The van der Waals surface area contributed by atoms with Crippen molar-refractivity contribution < 1.29 is 18.0 Å². The number of benzene rings is 1. The van der Waals surface area contributed by atoms with Crippen molar-refractivity contribution in [1.82, 2.24) is 30.5 Å². The number of nitrogens with one attached hydrogen (secondary N) is 3. The average Bonchev–Trinajstić information content (AvgIpc) is 3.18. The maximum absolute atomic E-state index is 13.0. The summed E-state index contributed by atoms with van der Waals surface area (Å²) in [6.45, 7) is 3.47. The van der Waals surface area contributed by atoms with Gasteiger partial charge in [-0.1, -0.05) is 6.92 Å². The number of carbonyl (C=O) groups excluding carboxylic acids is 1. The summed E-state index contributed by atoms with van der Waals surface area (Å²) in [4.78, 5) is 12.0. The topological polar surface area (TPSA) is 101 Å². The molecule has 0 spiro atoms. The van der Waals surface area contributed by atoms with Crippen molar-refractivity contribution in [3.8, 4) is 0 Å². The van der Waals surface area contributed by atoms with E-state index in [1.54, 1.807) is 25.1 Å². The number of aromatic amines is 1. The average molecular weight is 381 g/mol. The highest BCUT2D eigenvalue weighted by Crippen LogP contribution is 2.30. The smallest absolute Gasteiger partial charge is 0.338 e. The normalized spacial score (nSPS) is 12.9. The molecule has 0 aliphatic carbocycles. The van der Waals surface area contributed by atoms with E-state index in [1.807, 2.05) is 0 Å². The summed E-state index contributed by atoms with van der Waals surface area (Å²) < 4.78 is 39.9. The van der Waals surface area contributed by atoms with Gasteiger partial charge in [0.2, 0.25) is 0 Å². The van der Waals surface area contributed by atoms with Crippen molar-refractivity contribution in [2.24, 2.45) is 5.92 Å². The number of aromatic nitrogens is 5. The van der Waals surface area contributed by atoms with E-state index in [0.29, 0.717) is 22.4 Å². The molecule has 8 nitrogen and oxygen atoms in total. The van der Waals surface area contributed by atoms with Crippen molar-refractivity contribution >= 4 is 22.8 Å². The van der Waals surface area contributed by atoms with Crippen LogP contribution in [0.25, 0.3) is 11.0 Å². The second-order valence-corrected chi connectivity index (χ2v) is 6.32. The van der Waals surface area contributed by atoms with Crippen molar-refractivity contribution in [3.63, 3.8) is 0 Å². The van der Waals surface area contributed by atoms with Gasteiger partial charge >= 0.3 is 12.2 Å². The molecule has 0 aliphatic rings. The number of halogens is 3. The Morgan fingerprint density at radius 2 is 2.00 bits per heavy atom. The van der Waals surface area contributed by atoms with Crippen LogP contribution in [0.2, 0.25) is 0 Å². The van der Waals surface area contributed by atoms with Crippen LogP contribution in [-0.4, -0.2) is 37.8 Å². The predicted molar refractivity (Wildman–Crippen MR) is 92.0 cm³/mol. The Kier molecular flexibility index (Phi) is 5.02. The fourth-order valence-electron chi connectivity index (χ4n) is 2.63. The summed E-state index contributed by atoms with van der Waals surface area (Å²) in [5.74, 6) is -0.255. The number of carbonyl (C=O) groups is 1. The zero-order valence-corrected chi connectivity index (χ0v) is 14.6. The Balaban J connectivity index is 1.54. The molecule has 0 saturated heterocycles. The number of fused-ring (bicyclic) bond motifs is 1. The van der Waals surface area contributed by atoms with Gasteiger partial charge in [0.15, 0.2) is 0 Å². The van der Waals surface area contributed by atoms with Gasteiger partial charge in [-0.25, -0.2) is 4.79 Å². The fourth-order valence-corrected chi connectivity index (χ4v) is 2.63. The maximum atomic E-state index is 13.0. The number of H-pyrrole nitrogens is 1. The summed E-state index contributed by atoms with van der Waals surface area (Å²) in [6, 6.07) is 5.58. The second kappa shape index (κ2) is 7.25. The molecule has 1 aromatic carbocycles. The molecule has 0 unspecified atom stereocenters. The third-order valence-corrected chi connectivity index (χ3v) is 3.86. The van der Waals surface area contributed by atoms with Gasteiger partial charge in [-0.3, -0.25) is 4.68 Å². The van der Waals surface area contributed by atoms with Crippen LogP contribution in [0.15, 0.2) is 24.3 Å². The molecule has 0 bridgehead atoms. The number of amides is 2. The zero-order valence-electron chi connectivity index (χ0n) is 14.6. The monoisotopic (exact) mass is 381 g/mol.